The number of hydrogen-bond donors (Lipinski definition) is 2. The van der Waals surface area contributed by atoms with Gasteiger partial charge in [-0.3, -0.25) is 5.32 Å². The highest BCUT2D eigenvalue weighted by molar-refractivity contribution is 5.65. The number of piperazine rings is 1. The zero-order chi connectivity index (χ0) is 20.1. The molecule has 2 heterocycles. The molecule has 1 aromatic heterocycles. The number of nitrogens with one attached hydrogen (secondary N) is 2. The van der Waals surface area contributed by atoms with Crippen molar-refractivity contribution in [3.05, 3.63) is 60.9 Å². The van der Waals surface area contributed by atoms with Gasteiger partial charge in [0, 0.05) is 37.8 Å². The van der Waals surface area contributed by atoms with Crippen molar-refractivity contribution >= 4 is 11.5 Å². The lowest BCUT2D eigenvalue weighted by Crippen LogP contribution is -2.45. The molecule has 0 radical (unpaired) electrons. The second-order valence-corrected chi connectivity index (χ2v) is 6.92. The molecule has 0 saturated carbocycles. The van der Waals surface area contributed by atoms with Crippen LogP contribution in [0.15, 0.2) is 60.9 Å². The maximum atomic E-state index is 5.93. The summed E-state index contributed by atoms with van der Waals surface area (Å²) in [5, 5.41) is 8.74. The van der Waals surface area contributed by atoms with E-state index < -0.39 is 0 Å². The van der Waals surface area contributed by atoms with Gasteiger partial charge >= 0.3 is 0 Å². The fourth-order valence-corrected chi connectivity index (χ4v) is 3.18. The molecule has 0 atom stereocenters. The molecule has 0 aliphatic carbocycles. The molecule has 4 rings (SSSR count). The second kappa shape index (κ2) is 8.89. The number of rotatable bonds is 6. The summed E-state index contributed by atoms with van der Waals surface area (Å²) in [6.07, 6.45) is 1.81. The minimum atomic E-state index is 0.812. The Morgan fingerprint density at radius 2 is 1.83 bits per heavy atom. The third kappa shape index (κ3) is 4.82. The summed E-state index contributed by atoms with van der Waals surface area (Å²) in [4.78, 5) is 10.5. The predicted molar refractivity (Wildman–Crippen MR) is 112 cm³/mol. The first-order valence-electron chi connectivity index (χ1n) is 9.72. The number of nitrogens with zero attached hydrogens (tertiary/aromatic N) is 3. The van der Waals surface area contributed by atoms with E-state index in [0.717, 1.165) is 60.4 Å². The van der Waals surface area contributed by atoms with Crippen molar-refractivity contribution in [1.82, 2.24) is 15.4 Å². The maximum absolute atomic E-state index is 5.93. The fourth-order valence-electron chi connectivity index (χ4n) is 3.18. The molecule has 0 bridgehead atoms. The highest BCUT2D eigenvalue weighted by Gasteiger charge is 2.13. The van der Waals surface area contributed by atoms with Crippen LogP contribution in [0.25, 0.3) is 11.3 Å². The molecule has 1 fully saturated rings. The summed E-state index contributed by atoms with van der Waals surface area (Å²) < 4.78 is 7.25. The number of methoxy groups -OCH3 is 1. The van der Waals surface area contributed by atoms with Crippen molar-refractivity contribution < 1.29 is 14.1 Å². The minimum Gasteiger partial charge on any atom is -0.497 e. The Balaban J connectivity index is 1.50. The van der Waals surface area contributed by atoms with Crippen LogP contribution in [0.5, 0.6) is 11.5 Å². The van der Waals surface area contributed by atoms with Gasteiger partial charge in [0.15, 0.2) is 5.69 Å². The summed E-state index contributed by atoms with van der Waals surface area (Å²) >= 11 is 0. The standard InChI is InChI=1S/C22H25N5O2/c1-26-16-24-21(15-22(26)25-18-4-3-5-20(14-18)28-2)17-6-8-19(9-7-17)29-27-12-10-23-11-13-27/h3-9,14-16,23H,10-13H2,1-2H3/p+1. The summed E-state index contributed by atoms with van der Waals surface area (Å²) in [7, 11) is 3.63. The first-order chi connectivity index (χ1) is 14.2. The first kappa shape index (κ1) is 19.2. The molecular weight excluding hydrogens is 366 g/mol. The van der Waals surface area contributed by atoms with Gasteiger partial charge in [-0.25, -0.2) is 4.57 Å². The lowest BCUT2D eigenvalue weighted by Gasteiger charge is -2.26. The quantitative estimate of drug-likeness (QED) is 0.629. The third-order valence-electron chi connectivity index (χ3n) is 4.83. The van der Waals surface area contributed by atoms with Crippen molar-refractivity contribution in [2.75, 3.05) is 38.6 Å². The number of hydrogen-bond acceptors (Lipinski definition) is 6. The normalized spacial score (nSPS) is 14.4. The van der Waals surface area contributed by atoms with Gasteiger partial charge in [-0.05, 0) is 36.4 Å². The minimum absolute atomic E-state index is 0.812. The zero-order valence-corrected chi connectivity index (χ0v) is 16.8. The van der Waals surface area contributed by atoms with Crippen LogP contribution < -0.4 is 24.8 Å². The van der Waals surface area contributed by atoms with Gasteiger partial charge in [-0.15, -0.1) is 10.0 Å². The average Bonchev–Trinajstić information content (AvgIpc) is 2.77. The van der Waals surface area contributed by atoms with Gasteiger partial charge in [0.25, 0.3) is 0 Å². The van der Waals surface area contributed by atoms with Crippen LogP contribution in [0.4, 0.5) is 11.5 Å². The van der Waals surface area contributed by atoms with Crippen molar-refractivity contribution in [3.8, 4) is 22.8 Å². The Hall–Kier alpha value is -3.16. The van der Waals surface area contributed by atoms with Crippen molar-refractivity contribution in [1.29, 1.82) is 0 Å². The molecule has 1 aliphatic heterocycles. The summed E-state index contributed by atoms with van der Waals surface area (Å²) in [5.74, 6) is 2.59. The van der Waals surface area contributed by atoms with Gasteiger partial charge in [0.1, 0.15) is 11.5 Å². The molecule has 2 aromatic carbocycles. The molecule has 29 heavy (non-hydrogen) atoms. The monoisotopic (exact) mass is 392 g/mol. The lowest BCUT2D eigenvalue weighted by atomic mass is 10.1. The van der Waals surface area contributed by atoms with E-state index in [4.69, 9.17) is 9.57 Å². The largest absolute Gasteiger partial charge is 0.497 e. The van der Waals surface area contributed by atoms with Crippen LogP contribution in [0.3, 0.4) is 0 Å². The number of aromatic nitrogens is 2. The Kier molecular flexibility index (Phi) is 5.88. The van der Waals surface area contributed by atoms with Crippen molar-refractivity contribution in [2.45, 2.75) is 0 Å². The maximum Gasteiger partial charge on any atom is 0.229 e. The van der Waals surface area contributed by atoms with E-state index in [1.54, 1.807) is 7.11 Å². The molecule has 7 nitrogen and oxygen atoms in total. The molecule has 2 N–H and O–H groups in total. The van der Waals surface area contributed by atoms with E-state index in [9.17, 15) is 0 Å². The van der Waals surface area contributed by atoms with Crippen LogP contribution in [0.2, 0.25) is 0 Å². The Labute approximate surface area is 170 Å². The molecule has 0 amide bonds. The number of ether oxygens (including phenoxy) is 1. The van der Waals surface area contributed by atoms with Gasteiger partial charge in [-0.2, -0.15) is 0 Å². The molecule has 1 aliphatic rings. The number of anilines is 2. The molecule has 0 spiro atoms. The van der Waals surface area contributed by atoms with Gasteiger partial charge in [0.2, 0.25) is 12.1 Å². The van der Waals surface area contributed by atoms with Gasteiger partial charge < -0.3 is 14.9 Å². The fraction of sp³-hybridized carbons (Fsp3) is 0.273. The van der Waals surface area contributed by atoms with Crippen LogP contribution in [0.1, 0.15) is 0 Å². The zero-order valence-electron chi connectivity index (χ0n) is 16.8. The molecular formula is C22H26N5O2+. The lowest BCUT2D eigenvalue weighted by molar-refractivity contribution is -0.659. The Morgan fingerprint density at radius 1 is 1.03 bits per heavy atom. The summed E-state index contributed by atoms with van der Waals surface area (Å²) in [6, 6.07) is 17.9. The van der Waals surface area contributed by atoms with Gasteiger partial charge in [0.05, 0.1) is 25.9 Å². The average molecular weight is 392 g/mol. The van der Waals surface area contributed by atoms with Crippen LogP contribution in [-0.4, -0.2) is 43.3 Å². The van der Waals surface area contributed by atoms with Crippen molar-refractivity contribution in [3.63, 3.8) is 0 Å². The highest BCUT2D eigenvalue weighted by atomic mass is 16.7. The third-order valence-corrected chi connectivity index (χ3v) is 4.83. The Morgan fingerprint density at radius 3 is 2.59 bits per heavy atom. The van der Waals surface area contributed by atoms with Crippen LogP contribution >= 0.6 is 0 Å². The van der Waals surface area contributed by atoms with Crippen LogP contribution in [-0.2, 0) is 7.05 Å². The van der Waals surface area contributed by atoms with E-state index >= 15 is 0 Å². The van der Waals surface area contributed by atoms with E-state index in [1.807, 2.05) is 77.6 Å². The van der Waals surface area contributed by atoms with E-state index in [1.165, 1.54) is 0 Å². The summed E-state index contributed by atoms with van der Waals surface area (Å²) in [5.41, 5.74) is 2.88. The number of benzene rings is 2. The molecule has 7 heteroatoms. The van der Waals surface area contributed by atoms with Crippen molar-refractivity contribution in [2.24, 2.45) is 7.05 Å². The molecule has 1 saturated heterocycles. The predicted octanol–water partition coefficient (Wildman–Crippen LogP) is 2.52. The van der Waals surface area contributed by atoms with E-state index in [-0.39, 0.29) is 0 Å². The van der Waals surface area contributed by atoms with Gasteiger partial charge in [-0.1, -0.05) is 6.07 Å². The first-order valence-corrected chi connectivity index (χ1v) is 9.72. The number of hydroxylamine groups is 2. The topological polar surface area (TPSA) is 62.5 Å². The highest BCUT2D eigenvalue weighted by Crippen LogP contribution is 2.24. The van der Waals surface area contributed by atoms with E-state index in [2.05, 4.69) is 15.6 Å². The molecule has 150 valence electrons. The second-order valence-electron chi connectivity index (χ2n) is 6.92. The molecule has 0 unspecified atom stereocenters. The van der Waals surface area contributed by atoms with E-state index in [0.29, 0.717) is 0 Å². The SMILES string of the molecule is COc1cccc(Nc2cc(-c3ccc(ON4CCNCC4)cc3)nc[n+]2C)c1. The Bertz CT molecular complexity index is 956. The summed E-state index contributed by atoms with van der Waals surface area (Å²) in [6.45, 7) is 3.67. The molecule has 3 aromatic rings. The van der Waals surface area contributed by atoms with Crippen LogP contribution in [0, 0.1) is 0 Å². The smallest absolute Gasteiger partial charge is 0.229 e. The number of aryl methyl sites for hydroxylation is 1.